The van der Waals surface area contributed by atoms with Gasteiger partial charge in [-0.2, -0.15) is 0 Å². The number of carbonyl (C=O) groups is 1. The molecule has 0 bridgehead atoms. The fourth-order valence-corrected chi connectivity index (χ4v) is 3.07. The number of esters is 1. The number of unbranched alkanes of at least 4 members (excludes halogenated alkanes) is 1. The number of guanidine groups is 1. The van der Waals surface area contributed by atoms with Crippen LogP contribution in [0, 0.1) is 0 Å². The minimum absolute atomic E-state index is 0.142. The number of benzene rings is 1. The highest BCUT2D eigenvalue weighted by molar-refractivity contribution is 5.80. The highest BCUT2D eigenvalue weighted by atomic mass is 16.5. The highest BCUT2D eigenvalue weighted by Gasteiger charge is 2.18. The van der Waals surface area contributed by atoms with Crippen molar-refractivity contribution in [1.29, 1.82) is 0 Å². The van der Waals surface area contributed by atoms with Gasteiger partial charge in [0.05, 0.1) is 7.11 Å². The van der Waals surface area contributed by atoms with E-state index in [9.17, 15) is 4.79 Å². The molecule has 0 radical (unpaired) electrons. The average Bonchev–Trinajstić information content (AvgIpc) is 2.72. The van der Waals surface area contributed by atoms with E-state index in [0.29, 0.717) is 6.42 Å². The Morgan fingerprint density at radius 3 is 2.59 bits per heavy atom. The lowest BCUT2D eigenvalue weighted by Crippen LogP contribution is -2.52. The van der Waals surface area contributed by atoms with Gasteiger partial charge in [0.1, 0.15) is 0 Å². The smallest absolute Gasteiger partial charge is 0.305 e. The molecule has 0 aliphatic carbocycles. The van der Waals surface area contributed by atoms with Gasteiger partial charge in [0.25, 0.3) is 0 Å². The van der Waals surface area contributed by atoms with Gasteiger partial charge in [-0.05, 0) is 18.4 Å². The van der Waals surface area contributed by atoms with Crippen LogP contribution in [-0.4, -0.2) is 75.2 Å². The van der Waals surface area contributed by atoms with Gasteiger partial charge in [0, 0.05) is 52.7 Å². The van der Waals surface area contributed by atoms with Crippen LogP contribution in [0.15, 0.2) is 41.4 Å². The first-order valence-electron chi connectivity index (χ1n) is 9.69. The molecule has 1 saturated heterocycles. The van der Waals surface area contributed by atoms with Gasteiger partial charge in [0.15, 0.2) is 5.96 Å². The van der Waals surface area contributed by atoms with Crippen molar-refractivity contribution in [1.82, 2.24) is 15.1 Å². The predicted molar refractivity (Wildman–Crippen MR) is 111 cm³/mol. The lowest BCUT2D eigenvalue weighted by atomic mass is 10.2. The largest absolute Gasteiger partial charge is 0.469 e. The van der Waals surface area contributed by atoms with E-state index in [1.807, 2.05) is 13.1 Å². The predicted octanol–water partition coefficient (Wildman–Crippen LogP) is 2.24. The first-order valence-corrected chi connectivity index (χ1v) is 9.69. The summed E-state index contributed by atoms with van der Waals surface area (Å²) < 4.78 is 4.66. The first-order chi connectivity index (χ1) is 13.2. The molecule has 2 rings (SSSR count). The van der Waals surface area contributed by atoms with Crippen molar-refractivity contribution < 1.29 is 9.53 Å². The monoisotopic (exact) mass is 372 g/mol. The van der Waals surface area contributed by atoms with Crippen molar-refractivity contribution in [3.8, 4) is 0 Å². The van der Waals surface area contributed by atoms with Crippen LogP contribution >= 0.6 is 0 Å². The summed E-state index contributed by atoms with van der Waals surface area (Å²) in [6.45, 7) is 5.80. The zero-order valence-electron chi connectivity index (χ0n) is 16.6. The van der Waals surface area contributed by atoms with E-state index in [1.54, 1.807) is 0 Å². The quantitative estimate of drug-likeness (QED) is 0.328. The van der Waals surface area contributed by atoms with E-state index < -0.39 is 0 Å². The third kappa shape index (κ3) is 7.83. The van der Waals surface area contributed by atoms with Crippen molar-refractivity contribution in [3.63, 3.8) is 0 Å². The van der Waals surface area contributed by atoms with Crippen LogP contribution < -0.4 is 5.32 Å². The lowest BCUT2D eigenvalue weighted by molar-refractivity contribution is -0.140. The molecule has 1 aromatic carbocycles. The summed E-state index contributed by atoms with van der Waals surface area (Å²) >= 11 is 0. The number of hydrogen-bond donors (Lipinski definition) is 1. The summed E-state index contributed by atoms with van der Waals surface area (Å²) in [6.07, 6.45) is 6.66. The molecule has 1 fully saturated rings. The number of nitrogens with one attached hydrogen (secondary N) is 1. The minimum Gasteiger partial charge on any atom is -0.469 e. The summed E-state index contributed by atoms with van der Waals surface area (Å²) in [5.41, 5.74) is 1.24. The Hall–Kier alpha value is -2.34. The Labute approximate surface area is 162 Å². The topological polar surface area (TPSA) is 57.2 Å². The van der Waals surface area contributed by atoms with E-state index in [0.717, 1.165) is 58.1 Å². The van der Waals surface area contributed by atoms with Gasteiger partial charge >= 0.3 is 5.97 Å². The normalized spacial score (nSPS) is 15.9. The lowest BCUT2D eigenvalue weighted by Gasteiger charge is -2.36. The number of piperazine rings is 1. The Morgan fingerprint density at radius 1 is 1.19 bits per heavy atom. The van der Waals surface area contributed by atoms with Crippen LogP contribution in [0.2, 0.25) is 0 Å². The molecule has 1 aliphatic heterocycles. The molecule has 1 heterocycles. The Kier molecular flexibility index (Phi) is 9.41. The molecule has 0 atom stereocenters. The molecule has 27 heavy (non-hydrogen) atoms. The van der Waals surface area contributed by atoms with Gasteiger partial charge in [-0.3, -0.25) is 14.7 Å². The third-order valence-corrected chi connectivity index (χ3v) is 4.68. The van der Waals surface area contributed by atoms with E-state index in [1.165, 1.54) is 12.7 Å². The van der Waals surface area contributed by atoms with E-state index in [4.69, 9.17) is 0 Å². The van der Waals surface area contributed by atoms with Gasteiger partial charge in [-0.15, -0.1) is 0 Å². The molecule has 6 heteroatoms. The Bertz CT molecular complexity index is 608. The second-order valence-electron chi connectivity index (χ2n) is 6.61. The zero-order chi connectivity index (χ0) is 19.3. The minimum atomic E-state index is -0.142. The molecular formula is C21H32N4O2. The Balaban J connectivity index is 1.64. The van der Waals surface area contributed by atoms with E-state index in [-0.39, 0.29) is 5.97 Å². The maximum absolute atomic E-state index is 11.1. The second kappa shape index (κ2) is 12.1. The number of aliphatic imine (C=N–C) groups is 1. The molecule has 0 aromatic heterocycles. The number of carbonyl (C=O) groups excluding carboxylic acids is 1. The standard InChI is InChI=1S/C21H32N4O2/c1-22-21(23-13-7-6-12-20(26)27-2)25-17-15-24(16-18-25)14-8-11-19-9-4-3-5-10-19/h3-5,8-11H,6-7,12-18H2,1-2H3,(H,22,23). The maximum Gasteiger partial charge on any atom is 0.305 e. The van der Waals surface area contributed by atoms with Crippen molar-refractivity contribution in [2.24, 2.45) is 4.99 Å². The fourth-order valence-electron chi connectivity index (χ4n) is 3.07. The molecule has 148 valence electrons. The van der Waals surface area contributed by atoms with Crippen LogP contribution in [0.4, 0.5) is 0 Å². The molecule has 6 nitrogen and oxygen atoms in total. The summed E-state index contributed by atoms with van der Waals surface area (Å²) in [7, 11) is 3.26. The molecule has 1 aliphatic rings. The molecule has 0 unspecified atom stereocenters. The maximum atomic E-state index is 11.1. The summed E-state index contributed by atoms with van der Waals surface area (Å²) in [5, 5.41) is 3.40. The molecule has 0 spiro atoms. The number of methoxy groups -OCH3 is 1. The van der Waals surface area contributed by atoms with Gasteiger partial charge in [-0.25, -0.2) is 0 Å². The van der Waals surface area contributed by atoms with E-state index in [2.05, 4.69) is 61.3 Å². The third-order valence-electron chi connectivity index (χ3n) is 4.68. The Morgan fingerprint density at radius 2 is 1.93 bits per heavy atom. The second-order valence-corrected chi connectivity index (χ2v) is 6.61. The highest BCUT2D eigenvalue weighted by Crippen LogP contribution is 2.05. The van der Waals surface area contributed by atoms with Crippen molar-refractivity contribution in [2.45, 2.75) is 19.3 Å². The van der Waals surface area contributed by atoms with Crippen LogP contribution in [0.25, 0.3) is 6.08 Å². The first kappa shape index (κ1) is 21.0. The number of hydrogen-bond acceptors (Lipinski definition) is 4. The van der Waals surface area contributed by atoms with E-state index >= 15 is 0 Å². The molecular weight excluding hydrogens is 340 g/mol. The number of nitrogens with zero attached hydrogens (tertiary/aromatic N) is 3. The number of ether oxygens (including phenoxy) is 1. The summed E-state index contributed by atoms with van der Waals surface area (Å²) in [5.74, 6) is 0.810. The van der Waals surface area contributed by atoms with Gasteiger partial charge in [0.2, 0.25) is 0 Å². The van der Waals surface area contributed by atoms with Crippen LogP contribution in [0.1, 0.15) is 24.8 Å². The van der Waals surface area contributed by atoms with Crippen molar-refractivity contribution in [3.05, 3.63) is 42.0 Å². The summed E-state index contributed by atoms with van der Waals surface area (Å²) in [6, 6.07) is 10.4. The van der Waals surface area contributed by atoms with Gasteiger partial charge in [-0.1, -0.05) is 42.5 Å². The summed E-state index contributed by atoms with van der Waals surface area (Å²) in [4.78, 5) is 20.3. The van der Waals surface area contributed by atoms with Crippen LogP contribution in [0.5, 0.6) is 0 Å². The molecule has 1 aromatic rings. The number of rotatable bonds is 8. The molecule has 0 amide bonds. The van der Waals surface area contributed by atoms with Crippen LogP contribution in [-0.2, 0) is 9.53 Å². The molecule has 0 saturated carbocycles. The SMILES string of the molecule is CN=C(NCCCCC(=O)OC)N1CCN(CC=Cc2ccccc2)CC1. The fraction of sp³-hybridized carbons (Fsp3) is 0.524. The van der Waals surface area contributed by atoms with Gasteiger partial charge < -0.3 is 15.0 Å². The van der Waals surface area contributed by atoms with Crippen molar-refractivity contribution >= 4 is 18.0 Å². The van der Waals surface area contributed by atoms with Crippen molar-refractivity contribution in [2.75, 3.05) is 53.4 Å². The zero-order valence-corrected chi connectivity index (χ0v) is 16.6. The molecule has 1 N–H and O–H groups in total. The van der Waals surface area contributed by atoms with Crippen LogP contribution in [0.3, 0.4) is 0 Å². The average molecular weight is 373 g/mol.